The van der Waals surface area contributed by atoms with Crippen LogP contribution in [0.2, 0.25) is 0 Å². The van der Waals surface area contributed by atoms with Crippen LogP contribution < -0.4 is 36.6 Å². The van der Waals surface area contributed by atoms with Gasteiger partial charge in [-0.3, -0.25) is 0 Å². The van der Waals surface area contributed by atoms with E-state index in [4.69, 9.17) is 4.74 Å². The normalized spacial score (nSPS) is 15.6. The van der Waals surface area contributed by atoms with E-state index in [1.54, 1.807) is 67.8 Å². The minimum atomic E-state index is -4.42. The van der Waals surface area contributed by atoms with Gasteiger partial charge >= 0.3 is 18.2 Å². The molecule has 2 fully saturated rings. The van der Waals surface area contributed by atoms with Crippen LogP contribution in [-0.2, 0) is 19.0 Å². The summed E-state index contributed by atoms with van der Waals surface area (Å²) in [6.45, 7) is 1.47. The molecule has 6 N–H and O–H groups in total. The average Bonchev–Trinajstić information content (AvgIpc) is 3.05. The van der Waals surface area contributed by atoms with Gasteiger partial charge in [0, 0.05) is 61.8 Å². The van der Waals surface area contributed by atoms with Crippen molar-refractivity contribution in [2.45, 2.75) is 30.4 Å². The number of carbonyl (C=O) groups is 2. The molecule has 0 unspecified atom stereocenters. The van der Waals surface area contributed by atoms with Crippen LogP contribution in [0.15, 0.2) is 97.1 Å². The molecular weight excluding hydrogens is 659 g/mol. The first-order valence-corrected chi connectivity index (χ1v) is 15.7. The number of rotatable bonds is 9. The molecule has 4 amide bonds. The van der Waals surface area contributed by atoms with E-state index in [1.807, 2.05) is 12.1 Å². The smallest absolute Gasteiger partial charge is 0.416 e. The summed E-state index contributed by atoms with van der Waals surface area (Å²) in [6, 6.07) is 24.3. The first kappa shape index (κ1) is 36.1. The van der Waals surface area contributed by atoms with E-state index in [0.717, 1.165) is 29.0 Å². The average molecular weight is 697 g/mol. The molecule has 4 aromatic rings. The Balaban J connectivity index is 0.000000195. The fourth-order valence-corrected chi connectivity index (χ4v) is 5.19. The summed E-state index contributed by atoms with van der Waals surface area (Å²) in [5, 5.41) is 16.4. The Hall–Kier alpha value is -5.21. The highest BCUT2D eigenvalue weighted by Crippen LogP contribution is 2.30. The lowest BCUT2D eigenvalue weighted by atomic mass is 9.91. The van der Waals surface area contributed by atoms with E-state index in [-0.39, 0.29) is 11.7 Å². The van der Waals surface area contributed by atoms with Crippen molar-refractivity contribution < 1.29 is 36.3 Å². The van der Waals surface area contributed by atoms with Crippen LogP contribution in [0.1, 0.15) is 16.7 Å². The first-order valence-electron chi connectivity index (χ1n) is 15.7. The molecule has 2 heterocycles. The molecule has 264 valence electrons. The molecule has 2 aliphatic heterocycles. The second-order valence-electron chi connectivity index (χ2n) is 12.2. The van der Waals surface area contributed by atoms with Gasteiger partial charge in [-0.2, -0.15) is 13.2 Å². The predicted molar refractivity (Wildman–Crippen MR) is 183 cm³/mol. The molecule has 6 rings (SSSR count). The zero-order valence-electron chi connectivity index (χ0n) is 27.1. The van der Waals surface area contributed by atoms with Crippen molar-refractivity contribution in [3.8, 4) is 5.75 Å². The molecule has 50 heavy (non-hydrogen) atoms. The summed E-state index contributed by atoms with van der Waals surface area (Å²) in [7, 11) is 1.59. The third kappa shape index (κ3) is 10.4. The number of anilines is 4. The zero-order valence-corrected chi connectivity index (χ0v) is 27.1. The minimum Gasteiger partial charge on any atom is -0.497 e. The molecule has 9 nitrogen and oxygen atoms in total. The van der Waals surface area contributed by atoms with Crippen molar-refractivity contribution in [3.63, 3.8) is 0 Å². The second-order valence-corrected chi connectivity index (χ2v) is 12.2. The van der Waals surface area contributed by atoms with Crippen molar-refractivity contribution in [1.82, 2.24) is 10.6 Å². The van der Waals surface area contributed by atoms with Crippen LogP contribution in [0.4, 0.5) is 54.3 Å². The number of methoxy groups -OCH3 is 1. The van der Waals surface area contributed by atoms with Gasteiger partial charge in [0.15, 0.2) is 0 Å². The molecule has 0 saturated carbocycles. The van der Waals surface area contributed by atoms with Crippen LogP contribution in [-0.4, -0.2) is 56.7 Å². The summed E-state index contributed by atoms with van der Waals surface area (Å²) in [4.78, 5) is 23.9. The Morgan fingerprint density at radius 3 is 1.20 bits per heavy atom. The summed E-state index contributed by atoms with van der Waals surface area (Å²) >= 11 is 0. The molecule has 2 saturated heterocycles. The van der Waals surface area contributed by atoms with E-state index in [1.165, 1.54) is 12.1 Å². The summed E-state index contributed by atoms with van der Waals surface area (Å²) in [6.07, 6.45) is -3.73. The molecule has 0 aromatic heterocycles. The van der Waals surface area contributed by atoms with Crippen molar-refractivity contribution >= 4 is 34.8 Å². The van der Waals surface area contributed by atoms with E-state index in [2.05, 4.69) is 31.9 Å². The number of alkyl halides is 5. The molecule has 4 aromatic carbocycles. The lowest BCUT2D eigenvalue weighted by Gasteiger charge is -2.35. The van der Waals surface area contributed by atoms with Gasteiger partial charge in [-0.15, -0.1) is 0 Å². The fourth-order valence-electron chi connectivity index (χ4n) is 5.19. The van der Waals surface area contributed by atoms with Crippen LogP contribution >= 0.6 is 0 Å². The Morgan fingerprint density at radius 1 is 0.600 bits per heavy atom. The highest BCUT2D eigenvalue weighted by atomic mass is 19.4. The molecule has 0 bridgehead atoms. The lowest BCUT2D eigenvalue weighted by molar-refractivity contribution is -0.137. The number of carbonyl (C=O) groups excluding carboxylic acids is 2. The Bertz CT molecular complexity index is 1730. The van der Waals surface area contributed by atoms with Crippen LogP contribution in [0, 0.1) is 0 Å². The number of hydrogen-bond acceptors (Lipinski definition) is 5. The van der Waals surface area contributed by atoms with Crippen LogP contribution in [0.5, 0.6) is 5.75 Å². The third-order valence-corrected chi connectivity index (χ3v) is 8.05. The quantitative estimate of drug-likeness (QED) is 0.102. The molecule has 14 heteroatoms. The highest BCUT2D eigenvalue weighted by Gasteiger charge is 2.37. The molecule has 2 aliphatic rings. The van der Waals surface area contributed by atoms with Gasteiger partial charge in [-0.25, -0.2) is 18.4 Å². The van der Waals surface area contributed by atoms with Gasteiger partial charge in [0.05, 0.1) is 12.7 Å². The number of ether oxygens (including phenoxy) is 1. The maximum Gasteiger partial charge on any atom is 0.416 e. The van der Waals surface area contributed by atoms with Crippen molar-refractivity contribution in [3.05, 3.63) is 114 Å². The molecular formula is C36H37F5N6O3. The number of urea groups is 2. The SMILES string of the molecule is COc1ccc(NC(=O)Nc2ccc(CC3(F)CNC3)cc2)cc1.O=C(Nc1ccc(CC2(F)CNC2)cc1)Nc1ccc(C(F)(F)F)cc1. The predicted octanol–water partition coefficient (Wildman–Crippen LogP) is 7.40. The largest absolute Gasteiger partial charge is 0.497 e. The fraction of sp³-hybridized carbons (Fsp3) is 0.278. The highest BCUT2D eigenvalue weighted by molar-refractivity contribution is 6.00. The number of hydrogen-bond donors (Lipinski definition) is 6. The number of nitrogens with one attached hydrogen (secondary N) is 6. The van der Waals surface area contributed by atoms with Crippen molar-refractivity contribution in [1.29, 1.82) is 0 Å². The van der Waals surface area contributed by atoms with E-state index in [0.29, 0.717) is 56.1 Å². The van der Waals surface area contributed by atoms with Crippen molar-refractivity contribution in [2.75, 3.05) is 54.6 Å². The molecule has 0 radical (unpaired) electrons. The minimum absolute atomic E-state index is 0.240. The molecule has 0 aliphatic carbocycles. The van der Waals surface area contributed by atoms with Gasteiger partial charge in [-0.05, 0) is 83.9 Å². The monoisotopic (exact) mass is 696 g/mol. The van der Waals surface area contributed by atoms with Gasteiger partial charge < -0.3 is 36.6 Å². The van der Waals surface area contributed by atoms with Crippen LogP contribution in [0.3, 0.4) is 0 Å². The maximum atomic E-state index is 14.0. The second kappa shape index (κ2) is 15.6. The number of amides is 4. The first-order chi connectivity index (χ1) is 23.8. The van der Waals surface area contributed by atoms with E-state index < -0.39 is 29.1 Å². The van der Waals surface area contributed by atoms with Gasteiger partial charge in [0.25, 0.3) is 0 Å². The van der Waals surface area contributed by atoms with E-state index in [9.17, 15) is 31.5 Å². The standard InChI is InChI=1S/C18H17F4N3O.C18H20FN3O2/c19-17(10-23-11-17)9-12-1-5-14(6-2-12)24-16(26)25-15-7-3-13(4-8-15)18(20,21)22;1-24-16-8-6-15(7-9-16)22-17(23)21-14-4-2-13(3-5-14)10-18(19)11-20-12-18/h1-8,23H,9-11H2,(H2,24,25,26);2-9,20H,10-12H2,1H3,(H2,21,22,23). The number of benzene rings is 4. The summed E-state index contributed by atoms with van der Waals surface area (Å²) in [5.41, 5.74) is 0.664. The van der Waals surface area contributed by atoms with Gasteiger partial charge in [0.1, 0.15) is 17.1 Å². The van der Waals surface area contributed by atoms with Gasteiger partial charge in [0.2, 0.25) is 0 Å². The molecule has 0 spiro atoms. The Labute approximate surface area is 286 Å². The Kier molecular flexibility index (Phi) is 11.2. The Morgan fingerprint density at radius 2 is 0.920 bits per heavy atom. The lowest BCUT2D eigenvalue weighted by Crippen LogP contribution is -2.57. The zero-order chi connectivity index (χ0) is 35.8. The van der Waals surface area contributed by atoms with E-state index >= 15 is 0 Å². The summed E-state index contributed by atoms with van der Waals surface area (Å²) in [5.74, 6) is 0.726. The summed E-state index contributed by atoms with van der Waals surface area (Å²) < 4.78 is 70.7. The number of halogens is 5. The maximum absolute atomic E-state index is 14.0. The molecule has 0 atom stereocenters. The van der Waals surface area contributed by atoms with Crippen molar-refractivity contribution in [2.24, 2.45) is 0 Å². The van der Waals surface area contributed by atoms with Crippen LogP contribution in [0.25, 0.3) is 0 Å². The third-order valence-electron chi connectivity index (χ3n) is 8.05. The van der Waals surface area contributed by atoms with Gasteiger partial charge in [-0.1, -0.05) is 24.3 Å². The topological polar surface area (TPSA) is 116 Å².